The number of aliphatic hydroxyl groups is 2. The van der Waals surface area contributed by atoms with Crippen LogP contribution in [0.15, 0.2) is 134 Å². The fourth-order valence-electron chi connectivity index (χ4n) is 10.0. The number of rotatable bonds is 72. The summed E-state index contributed by atoms with van der Waals surface area (Å²) in [6.07, 6.45) is 88.2. The highest BCUT2D eigenvalue weighted by Crippen LogP contribution is 2.45. The van der Waals surface area contributed by atoms with Crippen molar-refractivity contribution < 1.29 is 75.8 Å². The zero-order valence-corrected chi connectivity index (χ0v) is 63.7. The van der Waals surface area contributed by atoms with Crippen LogP contribution in [0.5, 0.6) is 0 Å². The topological polar surface area (TPSA) is 231 Å². The van der Waals surface area contributed by atoms with Crippen molar-refractivity contribution >= 4 is 33.6 Å². The van der Waals surface area contributed by atoms with Crippen molar-refractivity contribution in [3.8, 4) is 0 Å². The van der Waals surface area contributed by atoms with Crippen LogP contribution in [-0.4, -0.2) is 95.9 Å². The normalized spacial score (nSPS) is 14.8. The Morgan fingerprint density at radius 1 is 0.293 bits per heavy atom. The molecule has 0 amide bonds. The first kappa shape index (κ1) is 94.7. The summed E-state index contributed by atoms with van der Waals surface area (Å²) in [6.45, 7) is 2.35. The van der Waals surface area contributed by atoms with Gasteiger partial charge in [-0.3, -0.25) is 32.5 Å². The molecule has 0 aromatic carbocycles. The van der Waals surface area contributed by atoms with E-state index < -0.39 is 91.5 Å². The smallest absolute Gasteiger partial charge is 0.463 e. The highest BCUT2D eigenvalue weighted by Gasteiger charge is 2.29. The largest absolute Gasteiger partial charge is 0.472 e. The molecular formula is C81H138O16P2. The van der Waals surface area contributed by atoms with Crippen LogP contribution in [0.1, 0.15) is 303 Å². The number of hydrogen-bond acceptors (Lipinski definition) is 14. The third kappa shape index (κ3) is 74.7. The van der Waals surface area contributed by atoms with E-state index in [2.05, 4.69) is 154 Å². The van der Waals surface area contributed by atoms with Crippen molar-refractivity contribution in [1.29, 1.82) is 0 Å². The van der Waals surface area contributed by atoms with Crippen molar-refractivity contribution in [2.75, 3.05) is 39.6 Å². The van der Waals surface area contributed by atoms with Crippen LogP contribution in [-0.2, 0) is 55.8 Å². The Balaban J connectivity index is 4.35. The van der Waals surface area contributed by atoms with Gasteiger partial charge in [-0.05, 0) is 128 Å². The fraction of sp³-hybridized carbons (Fsp3) is 0.691. The second kappa shape index (κ2) is 73.4. The molecule has 5 unspecified atom stereocenters. The van der Waals surface area contributed by atoms with E-state index in [0.29, 0.717) is 19.3 Å². The highest BCUT2D eigenvalue weighted by molar-refractivity contribution is 7.47. The molecule has 0 heterocycles. The van der Waals surface area contributed by atoms with Gasteiger partial charge >= 0.3 is 33.6 Å². The molecule has 0 bridgehead atoms. The third-order valence-electron chi connectivity index (χ3n) is 15.8. The van der Waals surface area contributed by atoms with E-state index in [9.17, 15) is 43.5 Å². The van der Waals surface area contributed by atoms with Crippen LogP contribution in [0.4, 0.5) is 0 Å². The number of carbonyl (C=O) groups is 3. The van der Waals surface area contributed by atoms with Gasteiger partial charge in [0, 0.05) is 19.3 Å². The minimum absolute atomic E-state index is 0.0828. The van der Waals surface area contributed by atoms with Crippen LogP contribution in [0, 0.1) is 0 Å². The van der Waals surface area contributed by atoms with Gasteiger partial charge in [0.25, 0.3) is 0 Å². The van der Waals surface area contributed by atoms with Crippen molar-refractivity contribution in [2.45, 2.75) is 322 Å². The molecule has 18 heteroatoms. The maximum absolute atomic E-state index is 12.9. The van der Waals surface area contributed by atoms with E-state index in [4.69, 9.17) is 32.3 Å². The lowest BCUT2D eigenvalue weighted by Gasteiger charge is -2.21. The molecule has 99 heavy (non-hydrogen) atoms. The Morgan fingerprint density at radius 2 is 0.535 bits per heavy atom. The molecule has 0 aliphatic rings. The first-order valence-corrected chi connectivity index (χ1v) is 41.5. The van der Waals surface area contributed by atoms with Gasteiger partial charge in [0.05, 0.1) is 26.4 Å². The predicted molar refractivity (Wildman–Crippen MR) is 408 cm³/mol. The van der Waals surface area contributed by atoms with Gasteiger partial charge in [0.1, 0.15) is 25.4 Å². The first-order chi connectivity index (χ1) is 48.2. The molecule has 0 spiro atoms. The monoisotopic (exact) mass is 1430 g/mol. The number of ether oxygens (including phenoxy) is 3. The fourth-order valence-corrected chi connectivity index (χ4v) is 11.6. The minimum atomic E-state index is -4.93. The zero-order valence-electron chi connectivity index (χ0n) is 61.9. The van der Waals surface area contributed by atoms with Gasteiger partial charge < -0.3 is 34.2 Å². The third-order valence-corrected chi connectivity index (χ3v) is 17.7. The molecule has 0 rings (SSSR count). The summed E-state index contributed by atoms with van der Waals surface area (Å²) in [5, 5.41) is 20.6. The van der Waals surface area contributed by atoms with Gasteiger partial charge in [-0.2, -0.15) is 0 Å². The average Bonchev–Trinajstić information content (AvgIpc) is 1.09. The highest BCUT2D eigenvalue weighted by atomic mass is 31.2. The van der Waals surface area contributed by atoms with Crippen LogP contribution in [0.2, 0.25) is 0 Å². The van der Waals surface area contributed by atoms with Crippen LogP contribution in [0.25, 0.3) is 0 Å². The summed E-state index contributed by atoms with van der Waals surface area (Å²) in [5.74, 6) is -1.61. The summed E-state index contributed by atoms with van der Waals surface area (Å²) in [6, 6.07) is 0. The van der Waals surface area contributed by atoms with Gasteiger partial charge in [-0.25, -0.2) is 9.13 Å². The molecule has 4 N–H and O–H groups in total. The lowest BCUT2D eigenvalue weighted by atomic mass is 10.0. The molecule has 0 saturated heterocycles. The van der Waals surface area contributed by atoms with Gasteiger partial charge in [0.2, 0.25) is 0 Å². The predicted octanol–water partition coefficient (Wildman–Crippen LogP) is 22.3. The summed E-state index contributed by atoms with van der Waals surface area (Å²) in [7, 11) is -9.79. The van der Waals surface area contributed by atoms with Crippen molar-refractivity contribution in [2.24, 2.45) is 0 Å². The van der Waals surface area contributed by atoms with Crippen molar-refractivity contribution in [3.63, 3.8) is 0 Å². The molecule has 568 valence electrons. The number of carbonyl (C=O) groups excluding carboxylic acids is 3. The molecule has 0 aliphatic carbocycles. The van der Waals surface area contributed by atoms with Gasteiger partial charge in [0.15, 0.2) is 6.10 Å². The Hall–Kier alpha value is -4.31. The summed E-state index contributed by atoms with van der Waals surface area (Å²) >= 11 is 0. The maximum Gasteiger partial charge on any atom is 0.472 e. The minimum Gasteiger partial charge on any atom is -0.463 e. The van der Waals surface area contributed by atoms with E-state index in [1.165, 1.54) is 83.5 Å². The first-order valence-electron chi connectivity index (χ1n) is 38.5. The molecule has 0 aliphatic heterocycles. The number of allylic oxidation sites excluding steroid dienone is 22. The van der Waals surface area contributed by atoms with Gasteiger partial charge in [-0.1, -0.05) is 289 Å². The SMILES string of the molecule is CC/C=C\C/C=C\C/C=C\C/C=C\C/C=C\C/C=C\CCCCCCCCCCCCCCCCCCC(=O)OCC(O)COP(=O)(O)OCC(O)COP(=O)(O)OCC(COC(=O)CCCCCCC/C=C\C/C=C\C/C=C\CC)OC(=O)CCCCCCC/C=C\C/C=C\CCC. The Bertz CT molecular complexity index is 2330. The molecule has 5 atom stereocenters. The lowest BCUT2D eigenvalue weighted by Crippen LogP contribution is -2.30. The van der Waals surface area contributed by atoms with Crippen LogP contribution in [0.3, 0.4) is 0 Å². The molecular weight excluding hydrogens is 1290 g/mol. The van der Waals surface area contributed by atoms with E-state index in [-0.39, 0.29) is 19.3 Å². The van der Waals surface area contributed by atoms with E-state index in [0.717, 1.165) is 161 Å². The molecule has 0 aromatic heterocycles. The van der Waals surface area contributed by atoms with E-state index in [1.807, 2.05) is 0 Å². The number of aliphatic hydroxyl groups excluding tert-OH is 2. The number of phosphoric acid groups is 2. The van der Waals surface area contributed by atoms with Gasteiger partial charge in [-0.15, -0.1) is 0 Å². The Labute approximate surface area is 601 Å². The molecule has 0 radical (unpaired) electrons. The number of hydrogen-bond donors (Lipinski definition) is 4. The second-order valence-electron chi connectivity index (χ2n) is 25.4. The second-order valence-corrected chi connectivity index (χ2v) is 28.3. The Kier molecular flexibility index (Phi) is 70.2. The van der Waals surface area contributed by atoms with Crippen LogP contribution < -0.4 is 0 Å². The number of phosphoric ester groups is 2. The summed E-state index contributed by atoms with van der Waals surface area (Å²) in [5.41, 5.74) is 0. The zero-order chi connectivity index (χ0) is 72.3. The van der Waals surface area contributed by atoms with Crippen molar-refractivity contribution in [1.82, 2.24) is 0 Å². The van der Waals surface area contributed by atoms with Crippen molar-refractivity contribution in [3.05, 3.63) is 134 Å². The molecule has 16 nitrogen and oxygen atoms in total. The van der Waals surface area contributed by atoms with E-state index >= 15 is 0 Å². The molecule has 0 fully saturated rings. The standard InChI is InChI=1S/C81H138O16P2/c1-4-7-10-13-16-19-22-25-27-28-29-30-31-32-33-34-35-36-37-38-39-40-41-42-43-44-45-46-48-51-52-55-58-61-64-67-79(84)91-70-76(82)71-93-98(87,88)94-72-77(83)73-95-99(89,90)96-75-78(97-81(86)69-66-63-60-57-54-49-24-21-18-15-12-9-6-3)74-92-80(85)68-65-62-59-56-53-50-47-26-23-20-17-14-11-8-5-2/h7-8,10-12,15-17,19-21,24-27,29-30,32-33,35-36,47,76-78,82-83H,4-6,9,13-14,18,22-23,28,31,34,37-46,48-75H2,1-3H3,(H,87,88)(H,89,90)/b10-7-,11-8-,15-12-,19-16-,20-17-,24-21-,27-25-,30-29-,33-32-,36-35-,47-26-. The average molecular weight is 1430 g/mol. The lowest BCUT2D eigenvalue weighted by molar-refractivity contribution is -0.161. The quantitative estimate of drug-likeness (QED) is 0.0146. The maximum atomic E-state index is 12.9. The number of esters is 3. The molecule has 0 saturated carbocycles. The summed E-state index contributed by atoms with van der Waals surface area (Å²) < 4.78 is 60.9. The van der Waals surface area contributed by atoms with E-state index in [1.54, 1.807) is 0 Å². The molecule has 0 aromatic rings. The number of unbranched alkanes of at least 4 members (excludes halogenated alkanes) is 27. The Morgan fingerprint density at radius 3 is 0.848 bits per heavy atom. The van der Waals surface area contributed by atoms with Crippen LogP contribution >= 0.6 is 15.6 Å². The summed E-state index contributed by atoms with van der Waals surface area (Å²) in [4.78, 5) is 58.4.